The van der Waals surface area contributed by atoms with Crippen LogP contribution in [-0.2, 0) is 32.7 Å². The average Bonchev–Trinajstić information content (AvgIpc) is 3.16. The van der Waals surface area contributed by atoms with E-state index in [1.807, 2.05) is 6.08 Å². The Morgan fingerprint density at radius 3 is 1.96 bits per heavy atom. The summed E-state index contributed by atoms with van der Waals surface area (Å²) in [6.07, 6.45) is 39.6. The monoisotopic (exact) mass is 793 g/mol. The lowest BCUT2D eigenvalue weighted by molar-refractivity contribution is -0.161. The van der Waals surface area contributed by atoms with Crippen LogP contribution in [0.3, 0.4) is 0 Å². The van der Waals surface area contributed by atoms with E-state index in [1.165, 1.54) is 19.3 Å². The number of carbonyl (C=O) groups excluding carboxylic acids is 2. The second-order valence-corrected chi connectivity index (χ2v) is 14.6. The Balaban J connectivity index is 4.51. The standard InChI is InChI=1S/C43H72NO10P/c1-3-5-7-9-11-12-13-14-15-16-17-18-19-21-27-33-43(48)54-41(38-53-55(49,50)52-36-35-44)37-51-42(47)34-28-32-40(46)31-26-23-22-25-30-39(45)29-24-20-10-8-6-4-2/h5,7,11-12,14-15,20,22-26,30-31,39-41,45-46H,3-4,6,8-10,13,16-19,21,27-29,32-38,44H2,1-2H3,(H,49,50)/b7-5-,12-11-,15-14-,23-22+,24-20-,30-25+,31-26-/t39-,40-,41-/m1/s1. The first-order chi connectivity index (χ1) is 26.6. The summed E-state index contributed by atoms with van der Waals surface area (Å²) in [5.74, 6) is -1.10. The lowest BCUT2D eigenvalue weighted by Gasteiger charge is -2.20. The second-order valence-electron chi connectivity index (χ2n) is 13.2. The highest BCUT2D eigenvalue weighted by atomic mass is 31.2. The van der Waals surface area contributed by atoms with Crippen molar-refractivity contribution in [2.24, 2.45) is 5.73 Å². The van der Waals surface area contributed by atoms with Gasteiger partial charge < -0.3 is 30.3 Å². The minimum Gasteiger partial charge on any atom is -0.462 e. The quantitative estimate of drug-likeness (QED) is 0.0157. The molecule has 0 spiro atoms. The highest BCUT2D eigenvalue weighted by molar-refractivity contribution is 7.47. The zero-order valence-corrected chi connectivity index (χ0v) is 34.5. The number of ether oxygens (including phenoxy) is 2. The Morgan fingerprint density at radius 1 is 0.673 bits per heavy atom. The van der Waals surface area contributed by atoms with Gasteiger partial charge in [-0.25, -0.2) is 4.57 Å². The van der Waals surface area contributed by atoms with Crippen molar-refractivity contribution in [3.8, 4) is 0 Å². The van der Waals surface area contributed by atoms with Crippen LogP contribution in [0.5, 0.6) is 0 Å². The molecule has 0 aliphatic heterocycles. The Hall–Kier alpha value is -2.89. The molecule has 0 aromatic rings. The van der Waals surface area contributed by atoms with E-state index in [4.69, 9.17) is 24.3 Å². The summed E-state index contributed by atoms with van der Waals surface area (Å²) in [6.45, 7) is 3.22. The molecule has 4 atom stereocenters. The van der Waals surface area contributed by atoms with Crippen LogP contribution in [0, 0.1) is 0 Å². The SMILES string of the molecule is CC/C=C\C/C=C\C/C=C\CCCCCCCC(=O)O[C@H](COC(=O)CCC[C@H](O)\C=C/C=C/C=C/[C@H](O)C/C=C\CCCCC)COP(=O)(O)OCCN. The van der Waals surface area contributed by atoms with E-state index < -0.39 is 44.7 Å². The summed E-state index contributed by atoms with van der Waals surface area (Å²) in [5.41, 5.74) is 5.32. The number of esters is 2. The fourth-order valence-corrected chi connectivity index (χ4v) is 5.66. The van der Waals surface area contributed by atoms with Crippen molar-refractivity contribution in [3.05, 3.63) is 85.1 Å². The number of phosphoric ester groups is 1. The summed E-state index contributed by atoms with van der Waals surface area (Å²) in [7, 11) is -4.44. The Labute approximate surface area is 331 Å². The number of phosphoric acid groups is 1. The van der Waals surface area contributed by atoms with E-state index in [0.717, 1.165) is 57.8 Å². The van der Waals surface area contributed by atoms with Crippen molar-refractivity contribution in [2.45, 2.75) is 148 Å². The van der Waals surface area contributed by atoms with Gasteiger partial charge in [-0.2, -0.15) is 0 Å². The first kappa shape index (κ1) is 52.1. The Bertz CT molecular complexity index is 1210. The first-order valence-electron chi connectivity index (χ1n) is 20.3. The van der Waals surface area contributed by atoms with Crippen molar-refractivity contribution >= 4 is 19.8 Å². The molecule has 0 rings (SSSR count). The summed E-state index contributed by atoms with van der Waals surface area (Å²) in [4.78, 5) is 34.8. The lowest BCUT2D eigenvalue weighted by Crippen LogP contribution is -2.29. The van der Waals surface area contributed by atoms with Crippen molar-refractivity contribution < 1.29 is 47.8 Å². The smallest absolute Gasteiger partial charge is 0.462 e. The summed E-state index contributed by atoms with van der Waals surface area (Å²) >= 11 is 0. The molecule has 11 nitrogen and oxygen atoms in total. The molecule has 0 amide bonds. The molecule has 0 heterocycles. The molecule has 5 N–H and O–H groups in total. The molecule has 0 aromatic carbocycles. The first-order valence-corrected chi connectivity index (χ1v) is 21.8. The molecule has 0 radical (unpaired) electrons. The third-order valence-electron chi connectivity index (χ3n) is 7.96. The molecule has 0 bridgehead atoms. The zero-order chi connectivity index (χ0) is 40.7. The lowest BCUT2D eigenvalue weighted by atomic mass is 10.1. The van der Waals surface area contributed by atoms with Gasteiger partial charge in [0, 0.05) is 19.4 Å². The highest BCUT2D eigenvalue weighted by Gasteiger charge is 2.26. The van der Waals surface area contributed by atoms with E-state index in [2.05, 4.69) is 56.4 Å². The molecule has 0 saturated heterocycles. The van der Waals surface area contributed by atoms with E-state index in [-0.39, 0.29) is 32.6 Å². The van der Waals surface area contributed by atoms with Gasteiger partial charge in [0.1, 0.15) is 6.61 Å². The zero-order valence-electron chi connectivity index (χ0n) is 33.6. The van der Waals surface area contributed by atoms with Gasteiger partial charge in [-0.3, -0.25) is 18.6 Å². The van der Waals surface area contributed by atoms with Gasteiger partial charge in [0.15, 0.2) is 6.10 Å². The van der Waals surface area contributed by atoms with Crippen LogP contribution in [-0.4, -0.2) is 71.7 Å². The third-order valence-corrected chi connectivity index (χ3v) is 8.94. The van der Waals surface area contributed by atoms with E-state index in [0.29, 0.717) is 25.7 Å². The Kier molecular flexibility index (Phi) is 36.0. The summed E-state index contributed by atoms with van der Waals surface area (Å²) in [6, 6.07) is 0. The van der Waals surface area contributed by atoms with Crippen LogP contribution in [0.2, 0.25) is 0 Å². The fraction of sp³-hybridized carbons (Fsp3) is 0.628. The molecule has 0 aliphatic carbocycles. The van der Waals surface area contributed by atoms with Gasteiger partial charge in [0.05, 0.1) is 25.4 Å². The number of allylic oxidation sites excluding steroid dienone is 11. The van der Waals surface area contributed by atoms with Crippen LogP contribution in [0.25, 0.3) is 0 Å². The highest BCUT2D eigenvalue weighted by Crippen LogP contribution is 2.43. The molecular weight excluding hydrogens is 721 g/mol. The van der Waals surface area contributed by atoms with E-state index >= 15 is 0 Å². The largest absolute Gasteiger partial charge is 0.472 e. The number of hydrogen-bond acceptors (Lipinski definition) is 10. The average molecular weight is 794 g/mol. The van der Waals surface area contributed by atoms with Gasteiger partial charge >= 0.3 is 19.8 Å². The maximum atomic E-state index is 12.6. The number of carbonyl (C=O) groups is 2. The minimum atomic E-state index is -4.44. The van der Waals surface area contributed by atoms with Crippen LogP contribution < -0.4 is 5.73 Å². The van der Waals surface area contributed by atoms with Crippen molar-refractivity contribution in [2.75, 3.05) is 26.4 Å². The number of unbranched alkanes of at least 4 members (excludes halogenated alkanes) is 8. The van der Waals surface area contributed by atoms with Gasteiger partial charge in [0.2, 0.25) is 0 Å². The van der Waals surface area contributed by atoms with Gasteiger partial charge in [-0.15, -0.1) is 0 Å². The van der Waals surface area contributed by atoms with Crippen molar-refractivity contribution in [1.82, 2.24) is 0 Å². The fourth-order valence-electron chi connectivity index (χ4n) is 4.90. The maximum Gasteiger partial charge on any atom is 0.472 e. The number of aliphatic hydroxyl groups excluding tert-OH is 2. The Morgan fingerprint density at radius 2 is 1.27 bits per heavy atom. The van der Waals surface area contributed by atoms with Gasteiger partial charge in [-0.05, 0) is 70.6 Å². The predicted octanol–water partition coefficient (Wildman–Crippen LogP) is 9.21. The van der Waals surface area contributed by atoms with E-state index in [9.17, 15) is 29.3 Å². The second kappa shape index (κ2) is 38.0. The molecule has 314 valence electrons. The van der Waals surface area contributed by atoms with Gasteiger partial charge in [0.25, 0.3) is 0 Å². The van der Waals surface area contributed by atoms with E-state index in [1.54, 1.807) is 36.5 Å². The molecule has 1 unspecified atom stereocenters. The summed E-state index contributed by atoms with van der Waals surface area (Å²) < 4.78 is 32.5. The number of nitrogens with two attached hydrogens (primary N) is 1. The maximum absolute atomic E-state index is 12.6. The number of hydrogen-bond donors (Lipinski definition) is 4. The van der Waals surface area contributed by atoms with Gasteiger partial charge in [-0.1, -0.05) is 131 Å². The van der Waals surface area contributed by atoms with Crippen LogP contribution in [0.1, 0.15) is 129 Å². The molecule has 0 saturated carbocycles. The normalized spacial score (nSPS) is 15.4. The van der Waals surface area contributed by atoms with Crippen LogP contribution >= 0.6 is 7.82 Å². The molecule has 0 aromatic heterocycles. The third kappa shape index (κ3) is 37.8. The topological polar surface area (TPSA) is 175 Å². The van der Waals surface area contributed by atoms with Crippen LogP contribution in [0.4, 0.5) is 0 Å². The predicted molar refractivity (Wildman–Crippen MR) is 222 cm³/mol. The minimum absolute atomic E-state index is 0.0107. The number of rotatable bonds is 36. The van der Waals surface area contributed by atoms with Crippen molar-refractivity contribution in [3.63, 3.8) is 0 Å². The molecular formula is C43H72NO10P. The molecule has 0 aliphatic rings. The molecule has 0 fully saturated rings. The molecule has 55 heavy (non-hydrogen) atoms. The van der Waals surface area contributed by atoms with Crippen molar-refractivity contribution in [1.29, 1.82) is 0 Å². The number of aliphatic hydroxyl groups is 2. The van der Waals surface area contributed by atoms with Crippen LogP contribution in [0.15, 0.2) is 85.1 Å². The summed E-state index contributed by atoms with van der Waals surface area (Å²) in [5, 5.41) is 20.2. The molecule has 12 heteroatoms.